The number of amides is 1. The number of aromatic nitrogens is 3. The van der Waals surface area contributed by atoms with E-state index in [2.05, 4.69) is 20.6 Å². The van der Waals surface area contributed by atoms with E-state index >= 15 is 0 Å². The van der Waals surface area contributed by atoms with Gasteiger partial charge in [-0.05, 0) is 24.5 Å². The second-order valence-corrected chi connectivity index (χ2v) is 6.18. The van der Waals surface area contributed by atoms with E-state index in [0.29, 0.717) is 12.5 Å². The van der Waals surface area contributed by atoms with Gasteiger partial charge >= 0.3 is 0 Å². The zero-order chi connectivity index (χ0) is 15.6. The molecule has 1 aliphatic heterocycles. The summed E-state index contributed by atoms with van der Waals surface area (Å²) >= 11 is 0. The molecule has 5 nitrogen and oxygen atoms in total. The van der Waals surface area contributed by atoms with Crippen LogP contribution < -0.4 is 0 Å². The van der Waals surface area contributed by atoms with Gasteiger partial charge in [0.25, 0.3) is 0 Å². The van der Waals surface area contributed by atoms with Crippen molar-refractivity contribution in [2.75, 3.05) is 13.1 Å². The van der Waals surface area contributed by atoms with Crippen molar-refractivity contribution in [2.24, 2.45) is 0 Å². The normalized spacial score (nSPS) is 18.4. The maximum Gasteiger partial charge on any atom is 0.227 e. The van der Waals surface area contributed by atoms with Crippen LogP contribution in [0.25, 0.3) is 10.9 Å². The molecule has 1 aliphatic rings. The fourth-order valence-electron chi connectivity index (χ4n) is 3.46. The molecular formula is C18H20N4O. The Morgan fingerprint density at radius 3 is 3.13 bits per heavy atom. The van der Waals surface area contributed by atoms with Gasteiger partial charge in [0, 0.05) is 42.6 Å². The van der Waals surface area contributed by atoms with Crippen LogP contribution in [-0.2, 0) is 11.2 Å². The molecule has 0 radical (unpaired) electrons. The summed E-state index contributed by atoms with van der Waals surface area (Å²) in [5.41, 5.74) is 2.17. The molecule has 0 aliphatic carbocycles. The number of carbonyl (C=O) groups is 1. The van der Waals surface area contributed by atoms with Gasteiger partial charge in [0.15, 0.2) is 0 Å². The molecule has 1 atom stereocenters. The number of H-pyrrole nitrogens is 1. The van der Waals surface area contributed by atoms with Crippen LogP contribution in [-0.4, -0.2) is 38.4 Å². The van der Waals surface area contributed by atoms with Gasteiger partial charge in [-0.25, -0.2) is 4.98 Å². The second kappa shape index (κ2) is 5.91. The van der Waals surface area contributed by atoms with Crippen molar-refractivity contribution in [3.8, 4) is 0 Å². The summed E-state index contributed by atoms with van der Waals surface area (Å²) in [5.74, 6) is 0.208. The number of para-hydroxylation sites is 1. The van der Waals surface area contributed by atoms with Crippen molar-refractivity contribution >= 4 is 16.8 Å². The number of nitrogens with one attached hydrogen (secondary N) is 1. The van der Waals surface area contributed by atoms with Crippen LogP contribution in [0.1, 0.15) is 24.4 Å². The number of imidazole rings is 1. The highest BCUT2D eigenvalue weighted by atomic mass is 16.2. The molecule has 3 heterocycles. The lowest BCUT2D eigenvalue weighted by atomic mass is 10.0. The Morgan fingerprint density at radius 2 is 2.26 bits per heavy atom. The molecule has 1 aromatic carbocycles. The van der Waals surface area contributed by atoms with E-state index in [1.54, 1.807) is 6.20 Å². The highest BCUT2D eigenvalue weighted by Crippen LogP contribution is 2.23. The number of hydrogen-bond acceptors (Lipinski definition) is 2. The standard InChI is InChI=1S/C18H20N4O/c23-18(10-14-11-20-17-6-2-1-5-16(14)17)21-8-3-4-15(12-21)22-9-7-19-13-22/h1-2,5-7,9,11,13,15,20H,3-4,8,10,12H2/t15-/m0/s1. The minimum absolute atomic E-state index is 0.208. The lowest BCUT2D eigenvalue weighted by Gasteiger charge is -2.33. The Morgan fingerprint density at radius 1 is 1.35 bits per heavy atom. The molecule has 4 rings (SSSR count). The minimum atomic E-state index is 0.208. The first-order valence-corrected chi connectivity index (χ1v) is 8.11. The largest absolute Gasteiger partial charge is 0.361 e. The summed E-state index contributed by atoms with van der Waals surface area (Å²) in [7, 11) is 0. The Labute approximate surface area is 134 Å². The van der Waals surface area contributed by atoms with Gasteiger partial charge in [-0.15, -0.1) is 0 Å². The van der Waals surface area contributed by atoms with E-state index < -0.39 is 0 Å². The number of aromatic amines is 1. The molecule has 1 fully saturated rings. The highest BCUT2D eigenvalue weighted by Gasteiger charge is 2.24. The van der Waals surface area contributed by atoms with Crippen molar-refractivity contribution in [3.63, 3.8) is 0 Å². The first-order chi connectivity index (χ1) is 11.3. The predicted molar refractivity (Wildman–Crippen MR) is 89.1 cm³/mol. The van der Waals surface area contributed by atoms with Gasteiger partial charge in [0.1, 0.15) is 0 Å². The smallest absolute Gasteiger partial charge is 0.227 e. The Hall–Kier alpha value is -2.56. The van der Waals surface area contributed by atoms with E-state index in [4.69, 9.17) is 0 Å². The summed E-state index contributed by atoms with van der Waals surface area (Å²) in [6, 6.07) is 8.47. The highest BCUT2D eigenvalue weighted by molar-refractivity contribution is 5.88. The summed E-state index contributed by atoms with van der Waals surface area (Å²) < 4.78 is 2.12. The zero-order valence-corrected chi connectivity index (χ0v) is 13.0. The van der Waals surface area contributed by atoms with E-state index in [-0.39, 0.29) is 5.91 Å². The SMILES string of the molecule is O=C(Cc1c[nH]c2ccccc12)N1CCC[C@H](n2ccnc2)C1. The summed E-state index contributed by atoms with van der Waals surface area (Å²) in [4.78, 5) is 22.1. The molecule has 23 heavy (non-hydrogen) atoms. The first kappa shape index (κ1) is 14.1. The topological polar surface area (TPSA) is 53.9 Å². The molecule has 118 valence electrons. The number of rotatable bonds is 3. The van der Waals surface area contributed by atoms with Crippen molar-refractivity contribution in [1.29, 1.82) is 0 Å². The third-order valence-corrected chi connectivity index (χ3v) is 4.71. The van der Waals surface area contributed by atoms with Crippen LogP contribution in [0.4, 0.5) is 0 Å². The number of hydrogen-bond donors (Lipinski definition) is 1. The monoisotopic (exact) mass is 308 g/mol. The van der Waals surface area contributed by atoms with E-state index in [1.807, 2.05) is 41.8 Å². The van der Waals surface area contributed by atoms with Gasteiger partial charge < -0.3 is 14.5 Å². The summed E-state index contributed by atoms with van der Waals surface area (Å²) in [6.45, 7) is 1.63. The molecular weight excluding hydrogens is 288 g/mol. The molecule has 3 aromatic rings. The zero-order valence-electron chi connectivity index (χ0n) is 13.0. The molecule has 0 bridgehead atoms. The van der Waals surface area contributed by atoms with Crippen LogP contribution in [0.2, 0.25) is 0 Å². The number of fused-ring (bicyclic) bond motifs is 1. The Balaban J connectivity index is 1.48. The number of nitrogens with zero attached hydrogens (tertiary/aromatic N) is 3. The van der Waals surface area contributed by atoms with Crippen LogP contribution in [0.5, 0.6) is 0 Å². The van der Waals surface area contributed by atoms with Gasteiger partial charge in [0.05, 0.1) is 18.8 Å². The summed E-state index contributed by atoms with van der Waals surface area (Å²) in [6.07, 6.45) is 10.2. The third kappa shape index (κ3) is 2.74. The molecule has 0 spiro atoms. The maximum atomic E-state index is 12.7. The molecule has 5 heteroatoms. The fraction of sp³-hybridized carbons (Fsp3) is 0.333. The molecule has 1 amide bonds. The summed E-state index contributed by atoms with van der Waals surface area (Å²) in [5, 5.41) is 1.14. The van der Waals surface area contributed by atoms with Gasteiger partial charge in [-0.2, -0.15) is 0 Å². The van der Waals surface area contributed by atoms with Crippen molar-refractivity contribution < 1.29 is 4.79 Å². The Bertz CT molecular complexity index is 805. The van der Waals surface area contributed by atoms with Crippen molar-refractivity contribution in [3.05, 3.63) is 54.7 Å². The predicted octanol–water partition coefficient (Wildman–Crippen LogP) is 2.77. The second-order valence-electron chi connectivity index (χ2n) is 6.18. The number of benzene rings is 1. The molecule has 0 unspecified atom stereocenters. The van der Waals surface area contributed by atoms with Crippen LogP contribution in [0.3, 0.4) is 0 Å². The maximum absolute atomic E-state index is 12.7. The first-order valence-electron chi connectivity index (χ1n) is 8.11. The van der Waals surface area contributed by atoms with Crippen LogP contribution in [0, 0.1) is 0 Å². The number of carbonyl (C=O) groups excluding carboxylic acids is 1. The lowest BCUT2D eigenvalue weighted by Crippen LogP contribution is -2.41. The molecule has 0 saturated carbocycles. The van der Waals surface area contributed by atoms with Gasteiger partial charge in [-0.1, -0.05) is 18.2 Å². The molecule has 1 N–H and O–H groups in total. The van der Waals surface area contributed by atoms with E-state index in [9.17, 15) is 4.79 Å². The number of piperidine rings is 1. The van der Waals surface area contributed by atoms with Crippen LogP contribution in [0.15, 0.2) is 49.2 Å². The third-order valence-electron chi connectivity index (χ3n) is 4.71. The average Bonchev–Trinajstić information content (AvgIpc) is 3.25. The Kier molecular flexibility index (Phi) is 3.61. The average molecular weight is 308 g/mol. The van der Waals surface area contributed by atoms with Crippen LogP contribution >= 0.6 is 0 Å². The van der Waals surface area contributed by atoms with Crippen molar-refractivity contribution in [2.45, 2.75) is 25.3 Å². The molecule has 1 saturated heterocycles. The molecule has 2 aromatic heterocycles. The number of likely N-dealkylation sites (tertiary alicyclic amines) is 1. The quantitative estimate of drug-likeness (QED) is 0.809. The van der Waals surface area contributed by atoms with Gasteiger partial charge in [0.2, 0.25) is 5.91 Å². The fourth-order valence-corrected chi connectivity index (χ4v) is 3.46. The lowest BCUT2D eigenvalue weighted by molar-refractivity contribution is -0.132. The minimum Gasteiger partial charge on any atom is -0.361 e. The van der Waals surface area contributed by atoms with Gasteiger partial charge in [-0.3, -0.25) is 4.79 Å². The van der Waals surface area contributed by atoms with E-state index in [0.717, 1.165) is 42.4 Å². The van der Waals surface area contributed by atoms with Crippen molar-refractivity contribution in [1.82, 2.24) is 19.4 Å². The van der Waals surface area contributed by atoms with E-state index in [1.165, 1.54) is 0 Å².